The molecule has 1 aliphatic heterocycles. The van der Waals surface area contributed by atoms with Gasteiger partial charge in [-0.2, -0.15) is 0 Å². The van der Waals surface area contributed by atoms with Crippen molar-refractivity contribution in [1.82, 2.24) is 0 Å². The third kappa shape index (κ3) is 3.37. The number of benzene rings is 2. The molecule has 2 heterocycles. The molecule has 2 aliphatic rings. The molecule has 5 rings (SSSR count). The molecule has 5 heteroatoms. The summed E-state index contributed by atoms with van der Waals surface area (Å²) in [5.41, 5.74) is 5.95. The lowest BCUT2D eigenvalue weighted by Crippen LogP contribution is -2.29. The van der Waals surface area contributed by atoms with E-state index in [0.717, 1.165) is 35.3 Å². The minimum absolute atomic E-state index is 0.0929. The van der Waals surface area contributed by atoms with Gasteiger partial charge in [-0.15, -0.1) is 11.3 Å². The zero-order chi connectivity index (χ0) is 22.4. The standard InChI is InChI=1S/C27H25NO3S/c1-16-6-5-9-21(14-16)28-23(26-17(2)12-13-32-26)22(25(30)27(28)31)24(29)20-11-10-18-7-3-4-8-19(18)15-20/h5-6,9-15,23,29H,3-4,7-8H2,1-2H3/b24-22-. The summed E-state index contributed by atoms with van der Waals surface area (Å²) in [6, 6.07) is 14.8. The third-order valence-electron chi connectivity index (χ3n) is 6.50. The molecule has 1 fully saturated rings. The van der Waals surface area contributed by atoms with E-state index in [0.29, 0.717) is 11.3 Å². The summed E-state index contributed by atoms with van der Waals surface area (Å²) >= 11 is 1.50. The number of anilines is 1. The molecule has 3 aromatic rings. The van der Waals surface area contributed by atoms with Gasteiger partial charge < -0.3 is 5.11 Å². The van der Waals surface area contributed by atoms with Gasteiger partial charge in [-0.25, -0.2) is 0 Å². The molecule has 2 aromatic carbocycles. The van der Waals surface area contributed by atoms with E-state index >= 15 is 0 Å². The molecule has 0 bridgehead atoms. The van der Waals surface area contributed by atoms with E-state index in [1.54, 1.807) is 0 Å². The maximum atomic E-state index is 13.3. The van der Waals surface area contributed by atoms with Gasteiger partial charge >= 0.3 is 0 Å². The number of hydrogen-bond acceptors (Lipinski definition) is 4. The second-order valence-corrected chi connectivity index (χ2v) is 9.61. The summed E-state index contributed by atoms with van der Waals surface area (Å²) < 4.78 is 0. The minimum Gasteiger partial charge on any atom is -0.507 e. The van der Waals surface area contributed by atoms with E-state index in [9.17, 15) is 14.7 Å². The van der Waals surface area contributed by atoms with Crippen LogP contribution in [0.4, 0.5) is 5.69 Å². The quantitative estimate of drug-likeness (QED) is 0.313. The van der Waals surface area contributed by atoms with Gasteiger partial charge in [-0.1, -0.05) is 24.3 Å². The Kier molecular flexibility index (Phi) is 5.22. The Morgan fingerprint density at radius 3 is 2.50 bits per heavy atom. The fourth-order valence-corrected chi connectivity index (χ4v) is 5.85. The van der Waals surface area contributed by atoms with Crippen LogP contribution in [0.5, 0.6) is 0 Å². The Hall–Kier alpha value is -3.18. The largest absolute Gasteiger partial charge is 0.507 e. The van der Waals surface area contributed by atoms with Gasteiger partial charge in [0.15, 0.2) is 0 Å². The molecule has 0 radical (unpaired) electrons. The predicted octanol–water partition coefficient (Wildman–Crippen LogP) is 5.87. The van der Waals surface area contributed by atoms with Gasteiger partial charge in [0, 0.05) is 16.1 Å². The first-order valence-corrected chi connectivity index (χ1v) is 11.9. The van der Waals surface area contributed by atoms with Crippen molar-refractivity contribution in [2.75, 3.05) is 4.90 Å². The zero-order valence-electron chi connectivity index (χ0n) is 18.2. The van der Waals surface area contributed by atoms with Crippen LogP contribution in [0.1, 0.15) is 51.6 Å². The molecule has 1 atom stereocenters. The number of aliphatic hydroxyl groups excluding tert-OH is 1. The van der Waals surface area contributed by atoms with E-state index in [1.165, 1.54) is 33.8 Å². The molecular weight excluding hydrogens is 418 g/mol. The maximum Gasteiger partial charge on any atom is 0.300 e. The summed E-state index contributed by atoms with van der Waals surface area (Å²) in [5, 5.41) is 13.3. The second-order valence-electron chi connectivity index (χ2n) is 8.67. The second kappa shape index (κ2) is 8.06. The number of ketones is 1. The molecular formula is C27H25NO3S. The van der Waals surface area contributed by atoms with Crippen LogP contribution in [0.25, 0.3) is 5.76 Å². The van der Waals surface area contributed by atoms with Crippen LogP contribution in [0.2, 0.25) is 0 Å². The number of aliphatic hydroxyl groups is 1. The number of aryl methyl sites for hydroxylation is 4. The van der Waals surface area contributed by atoms with Gasteiger partial charge in [-0.05, 0) is 91.4 Å². The Morgan fingerprint density at radius 1 is 1.00 bits per heavy atom. The molecule has 4 nitrogen and oxygen atoms in total. The Morgan fingerprint density at radius 2 is 1.78 bits per heavy atom. The molecule has 1 unspecified atom stereocenters. The van der Waals surface area contributed by atoms with Crippen molar-refractivity contribution in [2.24, 2.45) is 0 Å². The van der Waals surface area contributed by atoms with Gasteiger partial charge in [-0.3, -0.25) is 14.5 Å². The lowest BCUT2D eigenvalue weighted by molar-refractivity contribution is -0.132. The van der Waals surface area contributed by atoms with Crippen molar-refractivity contribution >= 4 is 34.5 Å². The van der Waals surface area contributed by atoms with Crippen LogP contribution < -0.4 is 4.90 Å². The topological polar surface area (TPSA) is 57.6 Å². The van der Waals surface area contributed by atoms with Gasteiger partial charge in [0.05, 0.1) is 5.57 Å². The molecule has 1 amide bonds. The van der Waals surface area contributed by atoms with Crippen LogP contribution in [-0.2, 0) is 22.4 Å². The molecule has 1 N–H and O–H groups in total. The van der Waals surface area contributed by atoms with Crippen LogP contribution in [-0.4, -0.2) is 16.8 Å². The molecule has 0 saturated carbocycles. The zero-order valence-corrected chi connectivity index (χ0v) is 19.0. The highest BCUT2D eigenvalue weighted by Crippen LogP contribution is 2.45. The summed E-state index contributed by atoms with van der Waals surface area (Å²) in [6.45, 7) is 3.93. The van der Waals surface area contributed by atoms with E-state index in [4.69, 9.17) is 0 Å². The number of carbonyl (C=O) groups excluding carboxylic acids is 2. The average molecular weight is 444 g/mol. The monoisotopic (exact) mass is 443 g/mol. The smallest absolute Gasteiger partial charge is 0.300 e. The van der Waals surface area contributed by atoms with Crippen LogP contribution in [0.15, 0.2) is 59.5 Å². The van der Waals surface area contributed by atoms with Gasteiger partial charge in [0.1, 0.15) is 11.8 Å². The lowest BCUT2D eigenvalue weighted by atomic mass is 9.89. The highest BCUT2D eigenvalue weighted by Gasteiger charge is 2.48. The van der Waals surface area contributed by atoms with Crippen LogP contribution in [0, 0.1) is 13.8 Å². The summed E-state index contributed by atoms with van der Waals surface area (Å²) in [6.07, 6.45) is 4.32. The maximum absolute atomic E-state index is 13.3. The number of Topliss-reactive ketones (excluding diaryl/α,β-unsaturated/α-hetero) is 1. The minimum atomic E-state index is -0.646. The molecule has 1 saturated heterocycles. The normalized spacial score (nSPS) is 19.9. The predicted molar refractivity (Wildman–Crippen MR) is 128 cm³/mol. The first-order chi connectivity index (χ1) is 15.5. The highest BCUT2D eigenvalue weighted by atomic mass is 32.1. The molecule has 1 aromatic heterocycles. The van der Waals surface area contributed by atoms with Gasteiger partial charge in [0.2, 0.25) is 0 Å². The molecule has 0 spiro atoms. The van der Waals surface area contributed by atoms with E-state index in [2.05, 4.69) is 0 Å². The average Bonchev–Trinajstić information content (AvgIpc) is 3.33. The Balaban J connectivity index is 1.70. The van der Waals surface area contributed by atoms with Gasteiger partial charge in [0.25, 0.3) is 11.7 Å². The number of amides is 1. The van der Waals surface area contributed by atoms with E-state index in [1.807, 2.05) is 67.8 Å². The number of hydrogen-bond donors (Lipinski definition) is 1. The summed E-state index contributed by atoms with van der Waals surface area (Å²) in [4.78, 5) is 29.0. The number of carbonyl (C=O) groups is 2. The SMILES string of the molecule is Cc1cccc(N2C(=O)C(=O)/C(=C(\O)c3ccc4c(c3)CCCC4)C2c2sccc2C)c1. The van der Waals surface area contributed by atoms with Crippen molar-refractivity contribution in [3.8, 4) is 0 Å². The van der Waals surface area contributed by atoms with Crippen molar-refractivity contribution in [3.05, 3.63) is 92.2 Å². The highest BCUT2D eigenvalue weighted by molar-refractivity contribution is 7.10. The van der Waals surface area contributed by atoms with Crippen LogP contribution in [0.3, 0.4) is 0 Å². The summed E-state index contributed by atoms with van der Waals surface area (Å²) in [5.74, 6) is -1.34. The first kappa shape index (κ1) is 20.7. The fraction of sp³-hybridized carbons (Fsp3) is 0.259. The fourth-order valence-electron chi connectivity index (χ4n) is 4.83. The van der Waals surface area contributed by atoms with Crippen molar-refractivity contribution in [3.63, 3.8) is 0 Å². The Bertz CT molecular complexity index is 1270. The Labute approximate surface area is 191 Å². The third-order valence-corrected chi connectivity index (χ3v) is 7.57. The number of rotatable bonds is 3. The number of fused-ring (bicyclic) bond motifs is 1. The summed E-state index contributed by atoms with van der Waals surface area (Å²) in [7, 11) is 0. The van der Waals surface area contributed by atoms with E-state index in [-0.39, 0.29) is 11.3 Å². The molecule has 32 heavy (non-hydrogen) atoms. The molecule has 162 valence electrons. The lowest BCUT2D eigenvalue weighted by Gasteiger charge is -2.25. The van der Waals surface area contributed by atoms with Crippen molar-refractivity contribution < 1.29 is 14.7 Å². The number of thiophene rings is 1. The van der Waals surface area contributed by atoms with E-state index < -0.39 is 17.7 Å². The number of nitrogens with zero attached hydrogens (tertiary/aromatic N) is 1. The van der Waals surface area contributed by atoms with Crippen LogP contribution >= 0.6 is 11.3 Å². The van der Waals surface area contributed by atoms with Crippen molar-refractivity contribution in [1.29, 1.82) is 0 Å². The van der Waals surface area contributed by atoms with Crippen molar-refractivity contribution in [2.45, 2.75) is 45.6 Å². The molecule has 1 aliphatic carbocycles. The first-order valence-electron chi connectivity index (χ1n) is 11.0.